The normalized spacial score (nSPS) is 11.7. The summed E-state index contributed by atoms with van der Waals surface area (Å²) in [5.41, 5.74) is 17.6. The van der Waals surface area contributed by atoms with Crippen molar-refractivity contribution in [3.63, 3.8) is 0 Å². The highest BCUT2D eigenvalue weighted by atomic mass is 15.0. The number of rotatable bonds is 8. The Kier molecular flexibility index (Phi) is 9.75. The van der Waals surface area contributed by atoms with Gasteiger partial charge in [0.1, 0.15) is 0 Å². The van der Waals surface area contributed by atoms with Crippen molar-refractivity contribution in [2.24, 2.45) is 0 Å². The minimum Gasteiger partial charge on any atom is -0.309 e. The lowest BCUT2D eigenvalue weighted by Crippen LogP contribution is -2.00. The highest BCUT2D eigenvalue weighted by Gasteiger charge is 2.20. The highest BCUT2D eigenvalue weighted by Crippen LogP contribution is 2.41. The molecule has 0 unspecified atom stereocenters. The maximum absolute atomic E-state index is 5.02. The summed E-state index contributed by atoms with van der Waals surface area (Å²) < 4.78 is 7.13. The van der Waals surface area contributed by atoms with Crippen LogP contribution in [0.1, 0.15) is 0 Å². The summed E-state index contributed by atoms with van der Waals surface area (Å²) in [5, 5.41) is 7.26. The molecule has 0 N–H and O–H groups in total. The molecule has 0 aliphatic rings. The van der Waals surface area contributed by atoms with E-state index in [1.807, 2.05) is 42.5 Å². The van der Waals surface area contributed by atoms with Crippen LogP contribution in [-0.4, -0.2) is 33.6 Å². The van der Waals surface area contributed by atoms with Gasteiger partial charge in [-0.05, 0) is 144 Å². The largest absolute Gasteiger partial charge is 0.309 e. The summed E-state index contributed by atoms with van der Waals surface area (Å²) in [6.07, 6.45) is 3.55. The van der Waals surface area contributed by atoms with Crippen LogP contribution in [0.4, 0.5) is 0 Å². The molecule has 0 fully saturated rings. The van der Waals surface area contributed by atoms with Gasteiger partial charge in [-0.2, -0.15) is 0 Å². The first-order valence-corrected chi connectivity index (χ1v) is 25.3. The van der Waals surface area contributed by atoms with Gasteiger partial charge in [-0.25, -0.2) is 15.0 Å². The molecule has 7 heteroatoms. The number of hydrogen-bond acceptors (Lipinski definition) is 4. The lowest BCUT2D eigenvalue weighted by molar-refractivity contribution is 1.07. The van der Waals surface area contributed by atoms with Crippen molar-refractivity contribution in [1.29, 1.82) is 0 Å². The SMILES string of the molecule is c1ccc(-c2nc(-c3ccc(-n4c5ccc(-c6ccc7c(c6)c6ccccc6n7-c6ccccc6)cc5c5cc(-c6ccc7c(c6)c6ccccc6n7-c6ccccc6)ccc54)cc3)nc(-c3cccnc3)n2)cc1. The Morgan fingerprint density at radius 2 is 0.547 bits per heavy atom. The predicted octanol–water partition coefficient (Wildman–Crippen LogP) is 16.9. The number of fused-ring (bicyclic) bond motifs is 9. The monoisotopic (exact) mass is 957 g/mol. The van der Waals surface area contributed by atoms with E-state index in [2.05, 4.69) is 225 Å². The number of hydrogen-bond donors (Lipinski definition) is 0. The van der Waals surface area contributed by atoms with E-state index in [0.29, 0.717) is 17.5 Å². The van der Waals surface area contributed by atoms with E-state index in [9.17, 15) is 0 Å². The van der Waals surface area contributed by atoms with Gasteiger partial charge in [0, 0.05) is 78.5 Å². The van der Waals surface area contributed by atoms with Crippen molar-refractivity contribution >= 4 is 65.4 Å². The first-order valence-electron chi connectivity index (χ1n) is 25.3. The van der Waals surface area contributed by atoms with Crippen molar-refractivity contribution in [3.05, 3.63) is 261 Å². The molecule has 5 heterocycles. The van der Waals surface area contributed by atoms with Crippen LogP contribution in [0.2, 0.25) is 0 Å². The average molecular weight is 958 g/mol. The van der Waals surface area contributed by atoms with E-state index in [1.165, 1.54) is 65.5 Å². The number of benzene rings is 10. The molecule has 75 heavy (non-hydrogen) atoms. The molecule has 0 spiro atoms. The Bertz CT molecular complexity index is 4400. The van der Waals surface area contributed by atoms with Crippen LogP contribution in [0.15, 0.2) is 261 Å². The second kappa shape index (κ2) is 17.2. The Morgan fingerprint density at radius 1 is 0.227 bits per heavy atom. The second-order valence-electron chi connectivity index (χ2n) is 19.1. The first-order chi connectivity index (χ1) is 37.2. The van der Waals surface area contributed by atoms with Crippen LogP contribution in [-0.2, 0) is 0 Å². The van der Waals surface area contributed by atoms with Gasteiger partial charge in [-0.15, -0.1) is 0 Å². The molecule has 0 bridgehead atoms. The van der Waals surface area contributed by atoms with Crippen LogP contribution in [0.3, 0.4) is 0 Å². The average Bonchev–Trinajstić information content (AvgIpc) is 4.16. The van der Waals surface area contributed by atoms with Crippen molar-refractivity contribution in [1.82, 2.24) is 33.6 Å². The molecule has 15 aromatic rings. The van der Waals surface area contributed by atoms with Crippen LogP contribution < -0.4 is 0 Å². The minimum absolute atomic E-state index is 0.576. The van der Waals surface area contributed by atoms with Crippen molar-refractivity contribution < 1.29 is 0 Å². The van der Waals surface area contributed by atoms with Gasteiger partial charge < -0.3 is 13.7 Å². The molecule has 0 aliphatic heterocycles. The molecule has 0 aliphatic carbocycles. The third-order valence-corrected chi connectivity index (χ3v) is 14.8. The molecule has 350 valence electrons. The van der Waals surface area contributed by atoms with Crippen LogP contribution in [0.25, 0.3) is 139 Å². The Hall–Kier alpha value is -10.2. The van der Waals surface area contributed by atoms with Crippen LogP contribution in [0.5, 0.6) is 0 Å². The van der Waals surface area contributed by atoms with Gasteiger partial charge in [0.25, 0.3) is 0 Å². The van der Waals surface area contributed by atoms with E-state index in [4.69, 9.17) is 15.0 Å². The molecule has 0 saturated heterocycles. The number of nitrogens with zero attached hydrogens (tertiary/aromatic N) is 7. The van der Waals surface area contributed by atoms with Crippen LogP contribution in [0, 0.1) is 0 Å². The fourth-order valence-electron chi connectivity index (χ4n) is 11.3. The zero-order chi connectivity index (χ0) is 49.4. The Labute approximate surface area is 431 Å². The van der Waals surface area contributed by atoms with E-state index >= 15 is 0 Å². The molecule has 0 radical (unpaired) electrons. The molecule has 0 atom stereocenters. The number of pyridine rings is 1. The lowest BCUT2D eigenvalue weighted by Gasteiger charge is -2.11. The summed E-state index contributed by atoms with van der Waals surface area (Å²) in [5.74, 6) is 1.78. The summed E-state index contributed by atoms with van der Waals surface area (Å²) >= 11 is 0. The third kappa shape index (κ3) is 7.05. The summed E-state index contributed by atoms with van der Waals surface area (Å²) in [6, 6.07) is 89.0. The predicted molar refractivity (Wildman–Crippen MR) is 308 cm³/mol. The maximum atomic E-state index is 5.02. The highest BCUT2D eigenvalue weighted by molar-refractivity contribution is 6.14. The van der Waals surface area contributed by atoms with E-state index in [1.54, 1.807) is 12.4 Å². The van der Waals surface area contributed by atoms with Crippen molar-refractivity contribution in [2.75, 3.05) is 0 Å². The fourth-order valence-corrected chi connectivity index (χ4v) is 11.3. The van der Waals surface area contributed by atoms with Gasteiger partial charge in [0.05, 0.1) is 33.1 Å². The molecule has 0 saturated carbocycles. The maximum Gasteiger partial charge on any atom is 0.165 e. The summed E-state index contributed by atoms with van der Waals surface area (Å²) in [7, 11) is 0. The molecule has 7 nitrogen and oxygen atoms in total. The zero-order valence-electron chi connectivity index (χ0n) is 40.5. The van der Waals surface area contributed by atoms with Crippen molar-refractivity contribution in [3.8, 4) is 73.5 Å². The van der Waals surface area contributed by atoms with Gasteiger partial charge in [-0.1, -0.05) is 127 Å². The van der Waals surface area contributed by atoms with E-state index in [-0.39, 0.29) is 0 Å². The molecule has 10 aromatic carbocycles. The van der Waals surface area contributed by atoms with Crippen LogP contribution >= 0.6 is 0 Å². The Balaban J connectivity index is 0.897. The number of aromatic nitrogens is 7. The van der Waals surface area contributed by atoms with E-state index in [0.717, 1.165) is 55.9 Å². The number of para-hydroxylation sites is 4. The van der Waals surface area contributed by atoms with Gasteiger partial charge in [-0.3, -0.25) is 4.98 Å². The van der Waals surface area contributed by atoms with Gasteiger partial charge >= 0.3 is 0 Å². The Morgan fingerprint density at radius 3 is 0.973 bits per heavy atom. The first kappa shape index (κ1) is 42.4. The standard InChI is InChI=1S/C68H43N7/c1-4-15-44(16-5-1)66-70-67(72-68(71-66)50-17-14-38-69-43-50)45-26-32-53(33-27-45)75-64-36-30-48(46-28-34-62-56(39-46)54-22-10-12-24-60(54)73(62)51-18-6-2-7-19-51)41-58(64)59-42-49(31-37-65(59)75)47-29-35-63-57(40-47)55-23-11-13-25-61(55)74(63)52-20-8-3-9-21-52/h1-43H. The smallest absolute Gasteiger partial charge is 0.165 e. The topological polar surface area (TPSA) is 66.3 Å². The molecule has 5 aromatic heterocycles. The molecule has 15 rings (SSSR count). The van der Waals surface area contributed by atoms with Gasteiger partial charge in [0.15, 0.2) is 17.5 Å². The van der Waals surface area contributed by atoms with E-state index < -0.39 is 0 Å². The molecule has 0 amide bonds. The second-order valence-corrected chi connectivity index (χ2v) is 19.1. The summed E-state index contributed by atoms with van der Waals surface area (Å²) in [6.45, 7) is 0. The molecular formula is C68H43N7. The lowest BCUT2D eigenvalue weighted by atomic mass is 9.98. The summed E-state index contributed by atoms with van der Waals surface area (Å²) in [4.78, 5) is 19.3. The minimum atomic E-state index is 0.576. The van der Waals surface area contributed by atoms with Gasteiger partial charge in [0.2, 0.25) is 0 Å². The third-order valence-electron chi connectivity index (χ3n) is 14.8. The van der Waals surface area contributed by atoms with Crippen molar-refractivity contribution in [2.45, 2.75) is 0 Å². The fraction of sp³-hybridized carbons (Fsp3) is 0. The quantitative estimate of drug-likeness (QED) is 0.152. The molecular weight excluding hydrogens is 915 g/mol. The zero-order valence-corrected chi connectivity index (χ0v) is 40.5.